The maximum absolute atomic E-state index is 14.0. The molecule has 2 aliphatic carbocycles. The van der Waals surface area contributed by atoms with Crippen molar-refractivity contribution in [1.29, 1.82) is 0 Å². The average Bonchev–Trinajstić information content (AvgIpc) is 3.30. The van der Waals surface area contributed by atoms with E-state index in [0.717, 1.165) is 31.7 Å². The van der Waals surface area contributed by atoms with Gasteiger partial charge in [-0.2, -0.15) is 16.8 Å². The van der Waals surface area contributed by atoms with Gasteiger partial charge in [-0.15, -0.1) is 4.40 Å². The van der Waals surface area contributed by atoms with Crippen LogP contribution in [0.5, 0.6) is 0 Å². The zero-order valence-corrected chi connectivity index (χ0v) is 21.2. The number of nitrogens with two attached hydrogens (primary N) is 1. The summed E-state index contributed by atoms with van der Waals surface area (Å²) in [5, 5.41) is 7.83. The number of anilines is 2. The monoisotopic (exact) mass is 530 g/mol. The van der Waals surface area contributed by atoms with E-state index in [9.17, 15) is 26.4 Å². The SMILES string of the molecule is CC1(CC2CCCC2)C(=O)C(C2=NS(=O)(=O)c3cc(NS(N)(=O)=O)ccc3N2)C(=O)c2ccccc21. The first-order chi connectivity index (χ1) is 16.9. The third-order valence-corrected chi connectivity index (χ3v) is 9.15. The van der Waals surface area contributed by atoms with Crippen molar-refractivity contribution in [3.05, 3.63) is 53.6 Å². The van der Waals surface area contributed by atoms with Gasteiger partial charge >= 0.3 is 0 Å². The molecule has 1 aliphatic heterocycles. The molecule has 0 aromatic heterocycles. The molecule has 12 heteroatoms. The number of carbonyl (C=O) groups excluding carboxylic acids is 2. The number of nitrogens with one attached hydrogen (secondary N) is 2. The van der Waals surface area contributed by atoms with Gasteiger partial charge < -0.3 is 5.32 Å². The highest BCUT2D eigenvalue weighted by Crippen LogP contribution is 2.45. The summed E-state index contributed by atoms with van der Waals surface area (Å²) in [5.41, 5.74) is 0.103. The van der Waals surface area contributed by atoms with Crippen molar-refractivity contribution in [3.8, 4) is 0 Å². The van der Waals surface area contributed by atoms with Crippen molar-refractivity contribution < 1.29 is 26.4 Å². The van der Waals surface area contributed by atoms with Gasteiger partial charge in [0.25, 0.3) is 20.2 Å². The fourth-order valence-electron chi connectivity index (χ4n) is 5.69. The minimum Gasteiger partial charge on any atom is -0.341 e. The summed E-state index contributed by atoms with van der Waals surface area (Å²) in [7, 11) is -8.48. The fourth-order valence-corrected chi connectivity index (χ4v) is 7.32. The van der Waals surface area contributed by atoms with Crippen molar-refractivity contribution in [1.82, 2.24) is 0 Å². The lowest BCUT2D eigenvalue weighted by Gasteiger charge is -2.40. The maximum atomic E-state index is 14.0. The minimum absolute atomic E-state index is 0.0665. The molecule has 2 unspecified atom stereocenters. The number of nitrogens with zero attached hydrogens (tertiary/aromatic N) is 1. The largest absolute Gasteiger partial charge is 0.341 e. The van der Waals surface area contributed by atoms with Crippen LogP contribution in [-0.2, 0) is 30.4 Å². The minimum atomic E-state index is -4.36. The number of hydrogen-bond donors (Lipinski definition) is 3. The number of hydrogen-bond acceptors (Lipinski definition) is 7. The van der Waals surface area contributed by atoms with Crippen LogP contribution in [0.2, 0.25) is 0 Å². The number of ketones is 2. The van der Waals surface area contributed by atoms with Crippen LogP contribution in [0, 0.1) is 11.8 Å². The Hall–Kier alpha value is -3.09. The summed E-state index contributed by atoms with van der Waals surface area (Å²) >= 11 is 0. The molecule has 1 heterocycles. The normalized spacial score (nSPS) is 25.5. The smallest absolute Gasteiger partial charge is 0.296 e. The molecule has 190 valence electrons. The number of amidine groups is 1. The van der Waals surface area contributed by atoms with E-state index in [1.807, 2.05) is 11.6 Å². The Morgan fingerprint density at radius 1 is 1.14 bits per heavy atom. The summed E-state index contributed by atoms with van der Waals surface area (Å²) in [6.45, 7) is 1.84. The van der Waals surface area contributed by atoms with Crippen molar-refractivity contribution >= 4 is 49.0 Å². The van der Waals surface area contributed by atoms with Crippen molar-refractivity contribution in [2.45, 2.75) is 49.3 Å². The Bertz CT molecular complexity index is 1530. The molecule has 1 fully saturated rings. The lowest BCUT2D eigenvalue weighted by molar-refractivity contribution is -0.126. The van der Waals surface area contributed by atoms with Gasteiger partial charge in [-0.05, 0) is 43.0 Å². The third kappa shape index (κ3) is 4.22. The first kappa shape index (κ1) is 24.6. The molecule has 0 radical (unpaired) electrons. The van der Waals surface area contributed by atoms with Crippen molar-refractivity contribution in [2.75, 3.05) is 10.0 Å². The Balaban J connectivity index is 1.57. The molecule has 1 saturated carbocycles. The molecule has 2 aromatic carbocycles. The van der Waals surface area contributed by atoms with Crippen LogP contribution in [0.25, 0.3) is 0 Å². The molecule has 36 heavy (non-hydrogen) atoms. The van der Waals surface area contributed by atoms with E-state index in [-0.39, 0.29) is 27.9 Å². The van der Waals surface area contributed by atoms with Gasteiger partial charge in [0.1, 0.15) is 16.6 Å². The molecule has 2 atom stereocenters. The lowest BCUT2D eigenvalue weighted by Crippen LogP contribution is -2.52. The topological polar surface area (TPSA) is 165 Å². The predicted molar refractivity (Wildman–Crippen MR) is 135 cm³/mol. The van der Waals surface area contributed by atoms with Crippen LogP contribution in [0.4, 0.5) is 11.4 Å². The number of sulfonamides is 1. The van der Waals surface area contributed by atoms with Gasteiger partial charge in [0, 0.05) is 5.56 Å². The molecule has 0 saturated heterocycles. The number of Topliss-reactive ketones (excluding diaryl/α,β-unsaturated/α-hetero) is 2. The molecule has 10 nitrogen and oxygen atoms in total. The number of rotatable bonds is 5. The highest BCUT2D eigenvalue weighted by molar-refractivity contribution is 7.91. The van der Waals surface area contributed by atoms with Crippen LogP contribution in [0.15, 0.2) is 51.8 Å². The summed E-state index contributed by atoms with van der Waals surface area (Å²) in [6, 6.07) is 10.7. The molecule has 3 aliphatic rings. The van der Waals surface area contributed by atoms with Gasteiger partial charge in [-0.1, -0.05) is 49.9 Å². The molecule has 0 amide bonds. The van der Waals surface area contributed by atoms with E-state index >= 15 is 0 Å². The summed E-state index contributed by atoms with van der Waals surface area (Å²) in [5.74, 6) is -2.20. The molecular formula is C24H26N4O6S2. The van der Waals surface area contributed by atoms with E-state index in [2.05, 4.69) is 9.71 Å². The van der Waals surface area contributed by atoms with Gasteiger partial charge in [-0.3, -0.25) is 14.3 Å². The third-order valence-electron chi connectivity index (χ3n) is 7.30. The second-order valence-corrected chi connectivity index (χ2v) is 12.7. The second kappa shape index (κ2) is 8.49. The fraction of sp³-hybridized carbons (Fsp3) is 0.375. The van der Waals surface area contributed by atoms with E-state index in [1.54, 1.807) is 24.3 Å². The molecule has 0 bridgehead atoms. The van der Waals surface area contributed by atoms with Gasteiger partial charge in [0.2, 0.25) is 0 Å². The molecule has 5 rings (SSSR count). The van der Waals surface area contributed by atoms with Gasteiger partial charge in [-0.25, -0.2) is 5.14 Å². The number of benzene rings is 2. The van der Waals surface area contributed by atoms with E-state index in [1.165, 1.54) is 12.1 Å². The average molecular weight is 531 g/mol. The summed E-state index contributed by atoms with van der Waals surface area (Å²) < 4.78 is 54.7. The summed E-state index contributed by atoms with van der Waals surface area (Å²) in [4.78, 5) is 27.3. The molecule has 2 aromatic rings. The van der Waals surface area contributed by atoms with Gasteiger partial charge in [0.05, 0.1) is 16.8 Å². The van der Waals surface area contributed by atoms with Crippen LogP contribution in [0.3, 0.4) is 0 Å². The standard InChI is InChI=1S/C24H26N4O6S2/c1-24(13-14-6-2-3-7-14)17-9-5-4-8-16(17)21(29)20(22(24)30)23-26-18-11-10-15(27-36(25,33)34)12-19(18)35(31,32)28-23/h4-5,8-12,14,20,27H,2-3,6-7,13H2,1H3,(H,26,28)(H2,25,33,34). The Kier molecular flexibility index (Phi) is 5.80. The van der Waals surface area contributed by atoms with Crippen LogP contribution < -0.4 is 15.2 Å². The summed E-state index contributed by atoms with van der Waals surface area (Å²) in [6.07, 6.45) is 4.81. The van der Waals surface area contributed by atoms with Crippen molar-refractivity contribution in [3.63, 3.8) is 0 Å². The van der Waals surface area contributed by atoms with E-state index < -0.39 is 37.3 Å². The highest BCUT2D eigenvalue weighted by Gasteiger charge is 2.52. The van der Waals surface area contributed by atoms with E-state index in [4.69, 9.17) is 5.14 Å². The predicted octanol–water partition coefficient (Wildman–Crippen LogP) is 2.73. The quantitative estimate of drug-likeness (QED) is 0.500. The molecule has 0 spiro atoms. The zero-order chi connectivity index (χ0) is 25.9. The van der Waals surface area contributed by atoms with Crippen LogP contribution in [0.1, 0.15) is 54.9 Å². The lowest BCUT2D eigenvalue weighted by atomic mass is 9.62. The molecular weight excluding hydrogens is 504 g/mol. The first-order valence-electron chi connectivity index (χ1n) is 11.6. The van der Waals surface area contributed by atoms with Crippen LogP contribution >= 0.6 is 0 Å². The Labute approximate surface area is 209 Å². The Morgan fingerprint density at radius 3 is 2.53 bits per heavy atom. The zero-order valence-electron chi connectivity index (χ0n) is 19.5. The maximum Gasteiger partial charge on any atom is 0.296 e. The number of fused-ring (bicyclic) bond motifs is 2. The van der Waals surface area contributed by atoms with E-state index in [0.29, 0.717) is 23.5 Å². The Morgan fingerprint density at radius 2 is 1.83 bits per heavy atom. The van der Waals surface area contributed by atoms with Crippen LogP contribution in [-0.4, -0.2) is 34.2 Å². The number of carbonyl (C=O) groups is 2. The first-order valence-corrected chi connectivity index (χ1v) is 14.6. The van der Waals surface area contributed by atoms with Gasteiger partial charge in [0.15, 0.2) is 11.6 Å². The van der Waals surface area contributed by atoms with Crippen molar-refractivity contribution in [2.24, 2.45) is 21.4 Å². The highest BCUT2D eigenvalue weighted by atomic mass is 32.2. The molecule has 4 N–H and O–H groups in total. The second-order valence-electron chi connectivity index (χ2n) is 9.83.